The molecule has 4 nitrogen and oxygen atoms in total. The number of nitrogens with zero attached hydrogens (tertiary/aromatic N) is 1. The Morgan fingerprint density at radius 1 is 1.10 bits per heavy atom. The number of imidazole rings is 1. The summed E-state index contributed by atoms with van der Waals surface area (Å²) >= 11 is 0. The van der Waals surface area contributed by atoms with Gasteiger partial charge in [-0.2, -0.15) is 0 Å². The molecule has 0 saturated carbocycles. The van der Waals surface area contributed by atoms with Crippen LogP contribution in [-0.2, 0) is 4.79 Å². The van der Waals surface area contributed by atoms with E-state index in [0.717, 1.165) is 23.9 Å². The van der Waals surface area contributed by atoms with Gasteiger partial charge in [0.2, 0.25) is 11.9 Å². The third kappa shape index (κ3) is 5.21. The van der Waals surface area contributed by atoms with E-state index in [1.807, 2.05) is 24.3 Å². The van der Waals surface area contributed by atoms with Gasteiger partial charge in [-0.1, -0.05) is 57.6 Å². The molecule has 0 atom stereocenters. The fourth-order valence-corrected chi connectivity index (χ4v) is 2.45. The van der Waals surface area contributed by atoms with Crippen molar-refractivity contribution in [1.82, 2.24) is 9.97 Å². The minimum atomic E-state index is 0.0441. The van der Waals surface area contributed by atoms with Crippen molar-refractivity contribution < 1.29 is 4.79 Å². The molecule has 0 fully saturated rings. The number of carbonyl (C=O) groups is 1. The Morgan fingerprint density at radius 3 is 2.57 bits per heavy atom. The quantitative estimate of drug-likeness (QED) is 0.660. The number of H-pyrrole nitrogens is 1. The molecule has 0 bridgehead atoms. The van der Waals surface area contributed by atoms with Gasteiger partial charge in [0.15, 0.2) is 0 Å². The van der Waals surface area contributed by atoms with Gasteiger partial charge in [-0.25, -0.2) is 4.98 Å². The number of carbonyl (C=O) groups excluding carboxylic acids is 1. The van der Waals surface area contributed by atoms with Crippen LogP contribution in [0.3, 0.4) is 0 Å². The monoisotopic (exact) mass is 287 g/mol. The summed E-state index contributed by atoms with van der Waals surface area (Å²) in [7, 11) is 0. The lowest BCUT2D eigenvalue weighted by molar-refractivity contribution is -0.116. The number of anilines is 1. The molecule has 0 radical (unpaired) electrons. The van der Waals surface area contributed by atoms with Crippen LogP contribution < -0.4 is 5.32 Å². The first kappa shape index (κ1) is 15.5. The first-order valence-electron chi connectivity index (χ1n) is 8.04. The molecule has 0 aliphatic carbocycles. The van der Waals surface area contributed by atoms with Gasteiger partial charge in [0.05, 0.1) is 11.0 Å². The molecule has 1 heterocycles. The van der Waals surface area contributed by atoms with Crippen molar-refractivity contribution in [1.29, 1.82) is 0 Å². The number of amides is 1. The van der Waals surface area contributed by atoms with Gasteiger partial charge < -0.3 is 4.98 Å². The first-order valence-corrected chi connectivity index (χ1v) is 8.04. The predicted molar refractivity (Wildman–Crippen MR) is 87.3 cm³/mol. The van der Waals surface area contributed by atoms with E-state index in [-0.39, 0.29) is 5.91 Å². The van der Waals surface area contributed by atoms with Gasteiger partial charge in [-0.3, -0.25) is 10.1 Å². The van der Waals surface area contributed by atoms with E-state index in [0.29, 0.717) is 12.4 Å². The molecular formula is C17H25N3O. The van der Waals surface area contributed by atoms with Crippen LogP contribution in [0.2, 0.25) is 0 Å². The fourth-order valence-electron chi connectivity index (χ4n) is 2.45. The summed E-state index contributed by atoms with van der Waals surface area (Å²) in [6.45, 7) is 2.22. The molecule has 2 rings (SSSR count). The number of hydrogen-bond donors (Lipinski definition) is 2. The van der Waals surface area contributed by atoms with Gasteiger partial charge in [-0.15, -0.1) is 0 Å². The van der Waals surface area contributed by atoms with Crippen molar-refractivity contribution in [3.63, 3.8) is 0 Å². The van der Waals surface area contributed by atoms with Gasteiger partial charge >= 0.3 is 0 Å². The number of unbranched alkanes of at least 4 members (excludes halogenated alkanes) is 6. The normalized spacial score (nSPS) is 10.9. The van der Waals surface area contributed by atoms with Crippen LogP contribution in [0, 0.1) is 0 Å². The fraction of sp³-hybridized carbons (Fsp3) is 0.529. The number of nitrogens with one attached hydrogen (secondary N) is 2. The Balaban J connectivity index is 1.65. The molecule has 0 saturated heterocycles. The lowest BCUT2D eigenvalue weighted by atomic mass is 10.1. The van der Waals surface area contributed by atoms with E-state index in [1.165, 1.54) is 32.1 Å². The summed E-state index contributed by atoms with van der Waals surface area (Å²) in [4.78, 5) is 19.3. The van der Waals surface area contributed by atoms with Gasteiger partial charge in [0, 0.05) is 6.42 Å². The van der Waals surface area contributed by atoms with Crippen molar-refractivity contribution in [3.05, 3.63) is 24.3 Å². The summed E-state index contributed by atoms with van der Waals surface area (Å²) in [5.74, 6) is 0.590. The zero-order valence-electron chi connectivity index (χ0n) is 12.8. The van der Waals surface area contributed by atoms with E-state index < -0.39 is 0 Å². The SMILES string of the molecule is CCCCCCCCCC(=O)Nc1nc2ccccc2[nH]1. The van der Waals surface area contributed by atoms with Crippen LogP contribution in [0.1, 0.15) is 58.3 Å². The summed E-state index contributed by atoms with van der Waals surface area (Å²) in [6, 6.07) is 7.77. The average molecular weight is 287 g/mol. The van der Waals surface area contributed by atoms with Crippen molar-refractivity contribution in [2.75, 3.05) is 5.32 Å². The molecule has 114 valence electrons. The predicted octanol–water partition coefficient (Wildman–Crippen LogP) is 4.64. The lowest BCUT2D eigenvalue weighted by Gasteiger charge is -2.02. The average Bonchev–Trinajstić information content (AvgIpc) is 2.88. The van der Waals surface area contributed by atoms with Crippen molar-refractivity contribution >= 4 is 22.9 Å². The Hall–Kier alpha value is -1.84. The van der Waals surface area contributed by atoms with Crippen LogP contribution >= 0.6 is 0 Å². The minimum absolute atomic E-state index is 0.0441. The van der Waals surface area contributed by atoms with Gasteiger partial charge in [0.25, 0.3) is 0 Å². The molecule has 0 spiro atoms. The molecule has 1 aromatic heterocycles. The van der Waals surface area contributed by atoms with E-state index in [2.05, 4.69) is 22.2 Å². The molecule has 1 amide bonds. The summed E-state index contributed by atoms with van der Waals surface area (Å²) < 4.78 is 0. The summed E-state index contributed by atoms with van der Waals surface area (Å²) in [5, 5.41) is 2.84. The number of aromatic nitrogens is 2. The lowest BCUT2D eigenvalue weighted by Crippen LogP contribution is -2.12. The van der Waals surface area contributed by atoms with Crippen LogP contribution in [0.4, 0.5) is 5.95 Å². The summed E-state index contributed by atoms with van der Waals surface area (Å²) in [6.07, 6.45) is 9.12. The molecule has 2 aromatic rings. The van der Waals surface area contributed by atoms with E-state index in [4.69, 9.17) is 0 Å². The van der Waals surface area contributed by atoms with Crippen molar-refractivity contribution in [2.45, 2.75) is 58.3 Å². The largest absolute Gasteiger partial charge is 0.324 e. The maximum absolute atomic E-state index is 11.9. The van der Waals surface area contributed by atoms with Crippen LogP contribution in [0.5, 0.6) is 0 Å². The number of fused-ring (bicyclic) bond motifs is 1. The van der Waals surface area contributed by atoms with Crippen LogP contribution in [-0.4, -0.2) is 15.9 Å². The first-order chi connectivity index (χ1) is 10.3. The van der Waals surface area contributed by atoms with E-state index in [9.17, 15) is 4.79 Å². The second-order valence-electron chi connectivity index (χ2n) is 5.52. The van der Waals surface area contributed by atoms with Crippen LogP contribution in [0.25, 0.3) is 11.0 Å². The second-order valence-corrected chi connectivity index (χ2v) is 5.52. The Bertz CT molecular complexity index is 529. The zero-order valence-corrected chi connectivity index (χ0v) is 12.8. The highest BCUT2D eigenvalue weighted by Crippen LogP contribution is 2.14. The highest BCUT2D eigenvalue weighted by atomic mass is 16.1. The number of aromatic amines is 1. The highest BCUT2D eigenvalue weighted by Gasteiger charge is 2.06. The maximum atomic E-state index is 11.9. The van der Waals surface area contributed by atoms with Gasteiger partial charge in [-0.05, 0) is 18.6 Å². The molecule has 0 aliphatic heterocycles. The number of benzene rings is 1. The summed E-state index contributed by atoms with van der Waals surface area (Å²) in [5.41, 5.74) is 1.83. The molecule has 2 N–H and O–H groups in total. The Morgan fingerprint density at radius 2 is 1.81 bits per heavy atom. The topological polar surface area (TPSA) is 57.8 Å². The third-order valence-corrected chi connectivity index (χ3v) is 3.65. The van der Waals surface area contributed by atoms with E-state index >= 15 is 0 Å². The Labute approximate surface area is 126 Å². The van der Waals surface area contributed by atoms with Crippen molar-refractivity contribution in [3.8, 4) is 0 Å². The third-order valence-electron chi connectivity index (χ3n) is 3.65. The maximum Gasteiger partial charge on any atom is 0.226 e. The molecule has 0 aliphatic rings. The minimum Gasteiger partial charge on any atom is -0.324 e. The molecule has 0 unspecified atom stereocenters. The number of para-hydroxylation sites is 2. The van der Waals surface area contributed by atoms with Gasteiger partial charge in [0.1, 0.15) is 0 Å². The highest BCUT2D eigenvalue weighted by molar-refractivity contribution is 5.90. The standard InChI is InChI=1S/C17H25N3O/c1-2-3-4-5-6-7-8-13-16(21)20-17-18-14-11-9-10-12-15(14)19-17/h9-12H,2-8,13H2,1H3,(H2,18,19,20,21). The molecular weight excluding hydrogens is 262 g/mol. The second kappa shape index (κ2) is 8.45. The Kier molecular flexibility index (Phi) is 6.25. The molecule has 21 heavy (non-hydrogen) atoms. The number of rotatable bonds is 9. The molecule has 1 aromatic carbocycles. The van der Waals surface area contributed by atoms with Crippen LogP contribution in [0.15, 0.2) is 24.3 Å². The van der Waals surface area contributed by atoms with Crippen molar-refractivity contribution in [2.24, 2.45) is 0 Å². The van der Waals surface area contributed by atoms with E-state index in [1.54, 1.807) is 0 Å². The smallest absolute Gasteiger partial charge is 0.226 e. The molecule has 4 heteroatoms. The zero-order chi connectivity index (χ0) is 14.9. The number of hydrogen-bond acceptors (Lipinski definition) is 2.